The van der Waals surface area contributed by atoms with Crippen molar-refractivity contribution >= 4 is 40.6 Å². The normalized spacial score (nSPS) is 47.4. The average Bonchev–Trinajstić information content (AvgIpc) is 2.90. The first kappa shape index (κ1) is 15.2. The Morgan fingerprint density at radius 3 is 2.60 bits per heavy atom. The molecule has 1 N–H and O–H groups in total. The molecule has 9 heteroatoms. The van der Waals surface area contributed by atoms with Gasteiger partial charge >= 0.3 is 0 Å². The third-order valence-electron chi connectivity index (χ3n) is 3.68. The molecule has 20 heavy (non-hydrogen) atoms. The van der Waals surface area contributed by atoms with Crippen LogP contribution in [0.2, 0.25) is 0 Å². The van der Waals surface area contributed by atoms with Crippen LogP contribution in [0.15, 0.2) is 0 Å². The molecule has 0 aromatic heterocycles. The van der Waals surface area contributed by atoms with Crippen molar-refractivity contribution in [3.8, 4) is 0 Å². The smallest absolute Gasteiger partial charge is 0.241 e. The third kappa shape index (κ3) is 2.27. The Bertz CT molecular complexity index is 427. The van der Waals surface area contributed by atoms with Crippen molar-refractivity contribution in [1.82, 2.24) is 0 Å². The fraction of sp³-hybridized carbons (Fsp3) is 0.909. The van der Waals surface area contributed by atoms with Gasteiger partial charge in [-0.3, -0.25) is 4.79 Å². The molecule has 0 radical (unpaired) electrons. The second kappa shape index (κ2) is 4.93. The van der Waals surface area contributed by atoms with Crippen molar-refractivity contribution in [3.05, 3.63) is 0 Å². The molecule has 0 bridgehead atoms. The molecule has 3 heterocycles. The van der Waals surface area contributed by atoms with E-state index in [1.807, 2.05) is 0 Å². The van der Waals surface area contributed by atoms with Crippen LogP contribution in [0.25, 0.3) is 0 Å². The highest BCUT2D eigenvalue weighted by Gasteiger charge is 2.69. The van der Waals surface area contributed by atoms with Crippen LogP contribution in [0, 0.1) is 0 Å². The summed E-state index contributed by atoms with van der Waals surface area (Å²) in [7, 11) is 0. The monoisotopic (exact) mass is 346 g/mol. The predicted molar refractivity (Wildman–Crippen MR) is 68.7 cm³/mol. The van der Waals surface area contributed by atoms with Crippen LogP contribution in [0.3, 0.4) is 0 Å². The fourth-order valence-corrected chi connectivity index (χ4v) is 3.31. The predicted octanol–water partition coefficient (Wildman–Crippen LogP) is 0.932. The van der Waals surface area contributed by atoms with Gasteiger partial charge in [0.2, 0.25) is 10.1 Å². The van der Waals surface area contributed by atoms with E-state index >= 15 is 0 Å². The first-order valence-corrected chi connectivity index (χ1v) is 7.22. The Balaban J connectivity index is 1.87. The molecule has 3 rings (SSSR count). The Morgan fingerprint density at radius 2 is 2.00 bits per heavy atom. The molecule has 3 saturated heterocycles. The zero-order valence-corrected chi connectivity index (χ0v) is 12.7. The van der Waals surface area contributed by atoms with E-state index in [1.165, 1.54) is 6.92 Å². The van der Waals surface area contributed by atoms with Crippen LogP contribution in [0.1, 0.15) is 13.3 Å². The number of aliphatic hydroxyl groups excluding tert-OH is 1. The standard InChI is InChI=1S/C11H13Cl3O6/c1-4(15)2-10-6(5(16)3-17-10)18-8-7(10)19-9(20-8)11(12,13)14/h5-9,16H,2-3H2,1H3/t5-,6-,7+,8-,9+,10+/m1/s1. The van der Waals surface area contributed by atoms with Crippen LogP contribution in [-0.2, 0) is 23.7 Å². The Kier molecular flexibility index (Phi) is 3.75. The highest BCUT2D eigenvalue weighted by Crippen LogP contribution is 2.51. The number of rotatable bonds is 2. The minimum absolute atomic E-state index is 0.0336. The van der Waals surface area contributed by atoms with Gasteiger partial charge in [-0.25, -0.2) is 0 Å². The lowest BCUT2D eigenvalue weighted by Crippen LogP contribution is -2.50. The van der Waals surface area contributed by atoms with Gasteiger partial charge in [0.25, 0.3) is 0 Å². The van der Waals surface area contributed by atoms with Gasteiger partial charge in [-0.05, 0) is 6.92 Å². The fourth-order valence-electron chi connectivity index (χ4n) is 3.00. The van der Waals surface area contributed by atoms with Crippen molar-refractivity contribution < 1.29 is 28.8 Å². The third-order valence-corrected chi connectivity index (χ3v) is 4.22. The highest BCUT2D eigenvalue weighted by atomic mass is 35.6. The minimum Gasteiger partial charge on any atom is -0.388 e. The maximum Gasteiger partial charge on any atom is 0.241 e. The minimum atomic E-state index is -1.78. The van der Waals surface area contributed by atoms with Crippen molar-refractivity contribution in [2.24, 2.45) is 0 Å². The number of aliphatic hydroxyl groups is 1. The van der Waals surface area contributed by atoms with Gasteiger partial charge in [-0.2, -0.15) is 0 Å². The van der Waals surface area contributed by atoms with Crippen LogP contribution in [-0.4, -0.2) is 57.8 Å². The molecule has 0 aromatic carbocycles. The number of carbonyl (C=O) groups is 1. The van der Waals surface area contributed by atoms with E-state index in [9.17, 15) is 9.90 Å². The van der Waals surface area contributed by atoms with E-state index in [0.29, 0.717) is 0 Å². The number of hydrogen-bond donors (Lipinski definition) is 1. The summed E-state index contributed by atoms with van der Waals surface area (Å²) in [5.41, 5.74) is -1.10. The maximum atomic E-state index is 11.5. The van der Waals surface area contributed by atoms with Crippen LogP contribution in [0.5, 0.6) is 0 Å². The number of ketones is 1. The number of halogens is 3. The van der Waals surface area contributed by atoms with Gasteiger partial charge in [0.1, 0.15) is 29.7 Å². The highest BCUT2D eigenvalue weighted by molar-refractivity contribution is 6.67. The first-order chi connectivity index (χ1) is 9.24. The van der Waals surface area contributed by atoms with Gasteiger partial charge in [-0.15, -0.1) is 0 Å². The van der Waals surface area contributed by atoms with E-state index in [-0.39, 0.29) is 18.8 Å². The molecule has 3 fully saturated rings. The quantitative estimate of drug-likeness (QED) is 0.749. The van der Waals surface area contributed by atoms with Crippen LogP contribution >= 0.6 is 34.8 Å². The molecule has 6 nitrogen and oxygen atoms in total. The van der Waals surface area contributed by atoms with Crippen molar-refractivity contribution in [1.29, 1.82) is 0 Å². The molecular formula is C11H13Cl3O6. The molecule has 3 aliphatic heterocycles. The number of Topliss-reactive ketones (excluding diaryl/α,β-unsaturated/α-hetero) is 1. The summed E-state index contributed by atoms with van der Waals surface area (Å²) in [6, 6.07) is 0. The van der Waals surface area contributed by atoms with E-state index in [1.54, 1.807) is 0 Å². The lowest BCUT2D eigenvalue weighted by atomic mass is 9.87. The number of fused-ring (bicyclic) bond motifs is 3. The molecule has 0 aliphatic carbocycles. The number of hydrogen-bond acceptors (Lipinski definition) is 6. The van der Waals surface area contributed by atoms with Gasteiger partial charge in [0.05, 0.1) is 6.61 Å². The van der Waals surface area contributed by atoms with Crippen molar-refractivity contribution in [2.75, 3.05) is 6.61 Å². The lowest BCUT2D eigenvalue weighted by molar-refractivity contribution is -0.182. The summed E-state index contributed by atoms with van der Waals surface area (Å²) in [5, 5.41) is 9.91. The number of ether oxygens (including phenoxy) is 4. The van der Waals surface area contributed by atoms with Crippen molar-refractivity contribution in [3.63, 3.8) is 0 Å². The second-order valence-corrected chi connectivity index (χ2v) is 7.57. The summed E-state index contributed by atoms with van der Waals surface area (Å²) in [6.45, 7) is 1.48. The number of alkyl halides is 3. The van der Waals surface area contributed by atoms with E-state index in [4.69, 9.17) is 53.8 Å². The van der Waals surface area contributed by atoms with E-state index in [2.05, 4.69) is 0 Å². The Labute approximate surface area is 130 Å². The number of carbonyl (C=O) groups excluding carboxylic acids is 1. The lowest BCUT2D eigenvalue weighted by Gasteiger charge is -2.31. The molecule has 3 aliphatic rings. The van der Waals surface area contributed by atoms with Gasteiger partial charge < -0.3 is 24.1 Å². The van der Waals surface area contributed by atoms with Gasteiger partial charge in [-0.1, -0.05) is 34.8 Å². The molecule has 0 amide bonds. The van der Waals surface area contributed by atoms with E-state index < -0.39 is 40.3 Å². The summed E-state index contributed by atoms with van der Waals surface area (Å²) in [6.07, 6.45) is -4.19. The van der Waals surface area contributed by atoms with Crippen molar-refractivity contribution in [2.45, 2.75) is 53.6 Å². The summed E-state index contributed by atoms with van der Waals surface area (Å²) >= 11 is 17.2. The van der Waals surface area contributed by atoms with Gasteiger partial charge in [0.15, 0.2) is 6.29 Å². The van der Waals surface area contributed by atoms with Crippen LogP contribution < -0.4 is 0 Å². The molecule has 114 valence electrons. The summed E-state index contributed by atoms with van der Waals surface area (Å²) in [5.74, 6) is -0.116. The topological polar surface area (TPSA) is 74.2 Å². The zero-order valence-electron chi connectivity index (χ0n) is 10.4. The Morgan fingerprint density at radius 1 is 1.30 bits per heavy atom. The molecule has 0 aromatic rings. The molecular weight excluding hydrogens is 334 g/mol. The first-order valence-electron chi connectivity index (χ1n) is 6.08. The van der Waals surface area contributed by atoms with Crippen LogP contribution in [0.4, 0.5) is 0 Å². The molecule has 0 saturated carbocycles. The zero-order chi connectivity index (χ0) is 14.7. The maximum absolute atomic E-state index is 11.5. The molecule has 6 atom stereocenters. The summed E-state index contributed by atoms with van der Waals surface area (Å²) in [4.78, 5) is 11.5. The summed E-state index contributed by atoms with van der Waals surface area (Å²) < 4.78 is 20.4. The molecule has 0 unspecified atom stereocenters. The molecule has 0 spiro atoms. The average molecular weight is 348 g/mol. The second-order valence-electron chi connectivity index (χ2n) is 5.20. The van der Waals surface area contributed by atoms with E-state index in [0.717, 1.165) is 0 Å². The SMILES string of the molecule is CC(=O)C[C@]12OC[C@@H](O)[C@H]1O[C@@H]1O[C@@H](C(Cl)(Cl)Cl)O[C@@H]12. The largest absolute Gasteiger partial charge is 0.388 e. The Hall–Kier alpha value is 0.340. The van der Waals surface area contributed by atoms with Gasteiger partial charge in [0, 0.05) is 6.42 Å².